The van der Waals surface area contributed by atoms with Crippen molar-refractivity contribution in [1.29, 1.82) is 5.26 Å². The highest BCUT2D eigenvalue weighted by Gasteiger charge is 2.19. The van der Waals surface area contributed by atoms with Gasteiger partial charge in [0.2, 0.25) is 0 Å². The summed E-state index contributed by atoms with van der Waals surface area (Å²) in [5.41, 5.74) is 3.00. The van der Waals surface area contributed by atoms with Crippen LogP contribution in [0.2, 0.25) is 0 Å². The fourth-order valence-corrected chi connectivity index (χ4v) is 1.54. The van der Waals surface area contributed by atoms with Gasteiger partial charge >= 0.3 is 0 Å². The maximum atomic E-state index is 9.40. The van der Waals surface area contributed by atoms with Crippen LogP contribution in [0.5, 0.6) is 0 Å². The summed E-state index contributed by atoms with van der Waals surface area (Å²) < 4.78 is 5.57. The largest absolute Gasteiger partial charge is 0.391 e. The van der Waals surface area contributed by atoms with E-state index in [-0.39, 0.29) is 6.10 Å². The van der Waals surface area contributed by atoms with Crippen LogP contribution in [-0.2, 0) is 4.74 Å². The topological polar surface area (TPSA) is 53.2 Å². The first-order valence-electron chi connectivity index (χ1n) is 5.76. The van der Waals surface area contributed by atoms with Crippen molar-refractivity contribution in [3.8, 4) is 6.07 Å². The average Bonchev–Trinajstić information content (AvgIpc) is 2.29. The molecule has 0 saturated carbocycles. The first-order chi connectivity index (χ1) is 7.95. The van der Waals surface area contributed by atoms with Crippen molar-refractivity contribution < 1.29 is 9.84 Å². The van der Waals surface area contributed by atoms with Crippen LogP contribution < -0.4 is 0 Å². The highest BCUT2D eigenvalue weighted by atomic mass is 16.5. The van der Waals surface area contributed by atoms with E-state index in [0.717, 1.165) is 16.7 Å². The smallest absolute Gasteiger partial charge is 0.169 e. The van der Waals surface area contributed by atoms with Gasteiger partial charge in [0.1, 0.15) is 0 Å². The Labute approximate surface area is 103 Å². The number of aliphatic hydroxyl groups excluding tert-OH is 1. The summed E-state index contributed by atoms with van der Waals surface area (Å²) in [7, 11) is 0. The molecule has 0 bridgehead atoms. The zero-order valence-corrected chi connectivity index (χ0v) is 10.8. The van der Waals surface area contributed by atoms with Gasteiger partial charge in [-0.15, -0.1) is 0 Å². The fourth-order valence-electron chi connectivity index (χ4n) is 1.54. The van der Waals surface area contributed by atoms with Crippen LogP contribution in [0.25, 0.3) is 0 Å². The number of aliphatic hydroxyl groups is 1. The number of ether oxygens (including phenoxy) is 1. The normalized spacial score (nSPS) is 16.0. The van der Waals surface area contributed by atoms with Crippen molar-refractivity contribution in [2.45, 2.75) is 46.0 Å². The molecule has 1 N–H and O–H groups in total. The second kappa shape index (κ2) is 5.81. The molecule has 0 aromatic heterocycles. The summed E-state index contributed by atoms with van der Waals surface area (Å²) in [5.74, 6) is 0. The van der Waals surface area contributed by atoms with E-state index in [1.807, 2.05) is 32.0 Å². The Kier molecular flexibility index (Phi) is 4.68. The number of hydrogen-bond donors (Lipinski definition) is 1. The van der Waals surface area contributed by atoms with Crippen molar-refractivity contribution >= 4 is 0 Å². The van der Waals surface area contributed by atoms with Crippen LogP contribution >= 0.6 is 0 Å². The quantitative estimate of drug-likeness (QED) is 0.869. The molecule has 1 aromatic rings. The molecular weight excluding hydrogens is 214 g/mol. The minimum absolute atomic E-state index is 0.362. The van der Waals surface area contributed by atoms with E-state index in [1.54, 1.807) is 13.8 Å². The molecule has 0 aliphatic heterocycles. The first-order valence-corrected chi connectivity index (χ1v) is 5.76. The van der Waals surface area contributed by atoms with Crippen molar-refractivity contribution in [3.63, 3.8) is 0 Å². The van der Waals surface area contributed by atoms with E-state index in [0.29, 0.717) is 0 Å². The standard InChI is InChI=1S/C14H19NO2/c1-9-5-6-10(2)13(7-9)14(8-15)17-12(4)11(3)16/h5-7,11-12,14,16H,1-4H3. The van der Waals surface area contributed by atoms with Gasteiger partial charge < -0.3 is 9.84 Å². The number of benzene rings is 1. The second-order valence-corrected chi connectivity index (χ2v) is 4.45. The molecule has 0 saturated heterocycles. The summed E-state index contributed by atoms with van der Waals surface area (Å²) in [6.07, 6.45) is -1.57. The molecule has 17 heavy (non-hydrogen) atoms. The molecule has 0 spiro atoms. The number of rotatable bonds is 4. The van der Waals surface area contributed by atoms with Crippen LogP contribution in [0.3, 0.4) is 0 Å². The van der Waals surface area contributed by atoms with Gasteiger partial charge in [-0.2, -0.15) is 5.26 Å². The van der Waals surface area contributed by atoms with Crippen molar-refractivity contribution in [2.24, 2.45) is 0 Å². The van der Waals surface area contributed by atoms with E-state index < -0.39 is 12.2 Å². The van der Waals surface area contributed by atoms with Gasteiger partial charge in [0.15, 0.2) is 6.10 Å². The Balaban J connectivity index is 2.95. The molecule has 3 atom stereocenters. The van der Waals surface area contributed by atoms with Crippen LogP contribution in [0, 0.1) is 25.2 Å². The zero-order chi connectivity index (χ0) is 13.0. The molecule has 0 heterocycles. The van der Waals surface area contributed by atoms with Gasteiger partial charge in [-0.1, -0.05) is 23.8 Å². The van der Waals surface area contributed by atoms with Crippen molar-refractivity contribution in [1.82, 2.24) is 0 Å². The van der Waals surface area contributed by atoms with Gasteiger partial charge in [-0.05, 0) is 38.8 Å². The molecule has 1 rings (SSSR count). The molecule has 3 heteroatoms. The molecule has 3 unspecified atom stereocenters. The second-order valence-electron chi connectivity index (χ2n) is 4.45. The summed E-state index contributed by atoms with van der Waals surface area (Å²) in [5, 5.41) is 18.6. The van der Waals surface area contributed by atoms with E-state index in [4.69, 9.17) is 10.00 Å². The molecule has 1 aromatic carbocycles. The molecule has 0 amide bonds. The number of nitriles is 1. The summed E-state index contributed by atoms with van der Waals surface area (Å²) in [4.78, 5) is 0. The van der Waals surface area contributed by atoms with Gasteiger partial charge in [0, 0.05) is 0 Å². The molecular formula is C14H19NO2. The summed E-state index contributed by atoms with van der Waals surface area (Å²) in [6, 6.07) is 8.08. The molecule has 0 aliphatic rings. The average molecular weight is 233 g/mol. The fraction of sp³-hybridized carbons (Fsp3) is 0.500. The van der Waals surface area contributed by atoms with Crippen molar-refractivity contribution in [3.05, 3.63) is 34.9 Å². The van der Waals surface area contributed by atoms with E-state index in [1.165, 1.54) is 0 Å². The number of aryl methyl sites for hydroxylation is 2. The summed E-state index contributed by atoms with van der Waals surface area (Å²) >= 11 is 0. The first kappa shape index (κ1) is 13.7. The lowest BCUT2D eigenvalue weighted by Crippen LogP contribution is -2.24. The van der Waals surface area contributed by atoms with Crippen LogP contribution in [0.1, 0.15) is 36.6 Å². The lowest BCUT2D eigenvalue weighted by Gasteiger charge is -2.21. The van der Waals surface area contributed by atoms with E-state index >= 15 is 0 Å². The highest BCUT2D eigenvalue weighted by Crippen LogP contribution is 2.23. The Morgan fingerprint density at radius 3 is 2.47 bits per heavy atom. The van der Waals surface area contributed by atoms with E-state index in [2.05, 4.69) is 6.07 Å². The number of nitrogens with zero attached hydrogens (tertiary/aromatic N) is 1. The Morgan fingerprint density at radius 2 is 1.94 bits per heavy atom. The third-order valence-electron chi connectivity index (χ3n) is 2.86. The molecule has 0 aliphatic carbocycles. The Morgan fingerprint density at radius 1 is 1.29 bits per heavy atom. The zero-order valence-electron chi connectivity index (χ0n) is 10.8. The molecule has 92 valence electrons. The molecule has 3 nitrogen and oxygen atoms in total. The molecule has 0 fully saturated rings. The van der Waals surface area contributed by atoms with Crippen LogP contribution in [-0.4, -0.2) is 17.3 Å². The van der Waals surface area contributed by atoms with Gasteiger partial charge in [0.25, 0.3) is 0 Å². The lowest BCUT2D eigenvalue weighted by molar-refractivity contribution is -0.0427. The van der Waals surface area contributed by atoms with Crippen LogP contribution in [0.15, 0.2) is 18.2 Å². The van der Waals surface area contributed by atoms with E-state index in [9.17, 15) is 5.11 Å². The maximum Gasteiger partial charge on any atom is 0.169 e. The Hall–Kier alpha value is -1.37. The third-order valence-corrected chi connectivity index (χ3v) is 2.86. The predicted molar refractivity (Wildman–Crippen MR) is 66.5 cm³/mol. The highest BCUT2D eigenvalue weighted by molar-refractivity contribution is 5.34. The van der Waals surface area contributed by atoms with Crippen LogP contribution in [0.4, 0.5) is 0 Å². The van der Waals surface area contributed by atoms with Gasteiger partial charge in [-0.25, -0.2) is 0 Å². The maximum absolute atomic E-state index is 9.40. The predicted octanol–water partition coefficient (Wildman–Crippen LogP) is 2.65. The number of hydrogen-bond acceptors (Lipinski definition) is 3. The monoisotopic (exact) mass is 233 g/mol. The summed E-state index contributed by atoms with van der Waals surface area (Å²) in [6.45, 7) is 7.35. The Bertz CT molecular complexity index is 421. The van der Waals surface area contributed by atoms with Gasteiger partial charge in [0.05, 0.1) is 18.3 Å². The van der Waals surface area contributed by atoms with Crippen molar-refractivity contribution in [2.75, 3.05) is 0 Å². The lowest BCUT2D eigenvalue weighted by atomic mass is 10.0. The molecule has 0 radical (unpaired) electrons. The minimum atomic E-state index is -0.625. The third kappa shape index (κ3) is 3.55. The van der Waals surface area contributed by atoms with Gasteiger partial charge in [-0.3, -0.25) is 0 Å². The SMILES string of the molecule is Cc1ccc(C)c(C(C#N)OC(C)C(C)O)c1. The minimum Gasteiger partial charge on any atom is -0.391 e.